The lowest BCUT2D eigenvalue weighted by Gasteiger charge is -2.15. The van der Waals surface area contributed by atoms with Crippen molar-refractivity contribution >= 4 is 52.4 Å². The van der Waals surface area contributed by atoms with Crippen molar-refractivity contribution in [1.82, 2.24) is 0 Å². The van der Waals surface area contributed by atoms with Gasteiger partial charge >= 0.3 is 5.97 Å². The molecule has 24 heavy (non-hydrogen) atoms. The van der Waals surface area contributed by atoms with Gasteiger partial charge in [0.25, 0.3) is 0 Å². The van der Waals surface area contributed by atoms with Gasteiger partial charge in [0.2, 0.25) is 0 Å². The van der Waals surface area contributed by atoms with Crippen LogP contribution in [-0.4, -0.2) is 15.1 Å². The van der Waals surface area contributed by atoms with Crippen LogP contribution in [0.1, 0.15) is 12.0 Å². The number of carbonyl (C=O) groups excluding carboxylic acids is 1. The van der Waals surface area contributed by atoms with Gasteiger partial charge in [-0.2, -0.15) is 0 Å². The van der Waals surface area contributed by atoms with E-state index in [9.17, 15) is 4.79 Å². The minimum Gasteiger partial charge on any atom is -0.460 e. The summed E-state index contributed by atoms with van der Waals surface area (Å²) in [4.78, 5) is 11.8. The number of hydrogen-bond donors (Lipinski definition) is 0. The number of ether oxygens (including phenoxy) is 2. The molecule has 0 heterocycles. The molecule has 128 valence electrons. The standard InChI is InChI=1S/C17H14Cl4O3/c18-15(10-17(19,20)21)16(22)23-11-12-5-4-8-14(9-12)24-13-6-2-1-3-7-13/h1-9,15H,10-11H2. The molecule has 3 nitrogen and oxygen atoms in total. The minimum atomic E-state index is -1.60. The first-order valence-electron chi connectivity index (χ1n) is 7.03. The SMILES string of the molecule is O=C(OCc1cccc(Oc2ccccc2)c1)C(Cl)CC(Cl)(Cl)Cl. The Bertz CT molecular complexity index is 671. The van der Waals surface area contributed by atoms with Gasteiger partial charge in [-0.05, 0) is 29.8 Å². The highest BCUT2D eigenvalue weighted by Gasteiger charge is 2.29. The van der Waals surface area contributed by atoms with Crippen molar-refractivity contribution in [2.24, 2.45) is 0 Å². The molecule has 2 rings (SSSR count). The zero-order valence-corrected chi connectivity index (χ0v) is 15.4. The van der Waals surface area contributed by atoms with Crippen LogP contribution in [0.15, 0.2) is 54.6 Å². The number of rotatable bonds is 6. The zero-order valence-electron chi connectivity index (χ0n) is 12.4. The van der Waals surface area contributed by atoms with Crippen molar-refractivity contribution in [1.29, 1.82) is 0 Å². The van der Waals surface area contributed by atoms with Gasteiger partial charge < -0.3 is 9.47 Å². The number of carbonyl (C=O) groups is 1. The Kier molecular flexibility index (Phi) is 7.05. The Hall–Kier alpha value is -1.13. The number of halogens is 4. The molecule has 0 spiro atoms. The van der Waals surface area contributed by atoms with Crippen LogP contribution in [0.3, 0.4) is 0 Å². The van der Waals surface area contributed by atoms with Crippen LogP contribution in [0.4, 0.5) is 0 Å². The first kappa shape index (κ1) is 19.2. The second kappa shape index (κ2) is 8.82. The predicted octanol–water partition coefficient (Wildman–Crippen LogP) is 5.89. The largest absolute Gasteiger partial charge is 0.460 e. The number of benzene rings is 2. The molecule has 0 aromatic heterocycles. The molecule has 0 N–H and O–H groups in total. The topological polar surface area (TPSA) is 35.5 Å². The van der Waals surface area contributed by atoms with E-state index in [1.54, 1.807) is 12.1 Å². The van der Waals surface area contributed by atoms with Gasteiger partial charge in [0.1, 0.15) is 23.5 Å². The van der Waals surface area contributed by atoms with Gasteiger partial charge in [-0.1, -0.05) is 65.1 Å². The summed E-state index contributed by atoms with van der Waals surface area (Å²) >= 11 is 22.7. The summed E-state index contributed by atoms with van der Waals surface area (Å²) in [5.74, 6) is 0.714. The molecule has 1 unspecified atom stereocenters. The minimum absolute atomic E-state index is 0.0495. The average Bonchev–Trinajstić information content (AvgIpc) is 2.52. The fourth-order valence-corrected chi connectivity index (χ4v) is 2.85. The fourth-order valence-electron chi connectivity index (χ4n) is 1.85. The Morgan fingerprint density at radius 1 is 1.00 bits per heavy atom. The van der Waals surface area contributed by atoms with E-state index >= 15 is 0 Å². The number of hydrogen-bond acceptors (Lipinski definition) is 3. The Balaban J connectivity index is 1.91. The third-order valence-electron chi connectivity index (χ3n) is 2.92. The summed E-state index contributed by atoms with van der Waals surface area (Å²) in [6.07, 6.45) is -0.130. The van der Waals surface area contributed by atoms with Crippen molar-refractivity contribution in [2.45, 2.75) is 22.2 Å². The molecule has 1 atom stereocenters. The summed E-state index contributed by atoms with van der Waals surface area (Å²) in [6, 6.07) is 16.6. The van der Waals surface area contributed by atoms with E-state index in [2.05, 4.69) is 0 Å². The molecule has 0 radical (unpaired) electrons. The van der Waals surface area contributed by atoms with Crippen molar-refractivity contribution in [3.05, 3.63) is 60.2 Å². The highest BCUT2D eigenvalue weighted by molar-refractivity contribution is 6.67. The van der Waals surface area contributed by atoms with Gasteiger partial charge in [-0.3, -0.25) is 4.79 Å². The highest BCUT2D eigenvalue weighted by Crippen LogP contribution is 2.33. The van der Waals surface area contributed by atoms with E-state index in [-0.39, 0.29) is 13.0 Å². The molecular formula is C17H14Cl4O3. The molecule has 0 fully saturated rings. The second-order valence-corrected chi connectivity index (χ2v) is 8.00. The average molecular weight is 408 g/mol. The summed E-state index contributed by atoms with van der Waals surface area (Å²) in [5.41, 5.74) is 0.759. The Morgan fingerprint density at radius 3 is 2.33 bits per heavy atom. The van der Waals surface area contributed by atoms with Crippen molar-refractivity contribution < 1.29 is 14.3 Å². The third-order valence-corrected chi connectivity index (χ3v) is 3.72. The number of para-hydroxylation sites is 1. The molecule has 0 bridgehead atoms. The second-order valence-electron chi connectivity index (χ2n) is 4.96. The van der Waals surface area contributed by atoms with E-state index in [1.165, 1.54) is 0 Å². The molecule has 0 amide bonds. The normalized spacial score (nSPS) is 12.5. The van der Waals surface area contributed by atoms with Crippen LogP contribution in [0.2, 0.25) is 0 Å². The molecule has 0 aliphatic carbocycles. The Morgan fingerprint density at radius 2 is 1.67 bits per heavy atom. The first-order valence-corrected chi connectivity index (χ1v) is 8.60. The zero-order chi connectivity index (χ0) is 17.6. The lowest BCUT2D eigenvalue weighted by atomic mass is 10.2. The van der Waals surface area contributed by atoms with E-state index in [4.69, 9.17) is 55.9 Å². The van der Waals surface area contributed by atoms with Gasteiger partial charge in [0, 0.05) is 6.42 Å². The summed E-state index contributed by atoms with van der Waals surface area (Å²) in [7, 11) is 0. The van der Waals surface area contributed by atoms with Crippen LogP contribution in [0.25, 0.3) is 0 Å². The molecule has 2 aromatic carbocycles. The van der Waals surface area contributed by atoms with E-state index in [0.29, 0.717) is 5.75 Å². The van der Waals surface area contributed by atoms with Crippen LogP contribution < -0.4 is 4.74 Å². The quantitative estimate of drug-likeness (QED) is 0.442. The monoisotopic (exact) mass is 406 g/mol. The maximum atomic E-state index is 11.8. The molecule has 0 saturated heterocycles. The maximum Gasteiger partial charge on any atom is 0.324 e. The molecule has 2 aromatic rings. The van der Waals surface area contributed by atoms with Crippen LogP contribution in [0.5, 0.6) is 11.5 Å². The summed E-state index contributed by atoms with van der Waals surface area (Å²) in [6.45, 7) is 0.0495. The van der Waals surface area contributed by atoms with Crippen LogP contribution in [0, 0.1) is 0 Å². The predicted molar refractivity (Wildman–Crippen MR) is 97.3 cm³/mol. The Labute approximate surface area is 160 Å². The van der Waals surface area contributed by atoms with E-state index < -0.39 is 15.1 Å². The lowest BCUT2D eigenvalue weighted by molar-refractivity contribution is -0.144. The van der Waals surface area contributed by atoms with Crippen molar-refractivity contribution in [3.8, 4) is 11.5 Å². The number of alkyl halides is 4. The lowest BCUT2D eigenvalue weighted by Crippen LogP contribution is -2.23. The molecule has 0 aliphatic heterocycles. The first-order chi connectivity index (χ1) is 11.3. The highest BCUT2D eigenvalue weighted by atomic mass is 35.6. The van der Waals surface area contributed by atoms with Gasteiger partial charge in [-0.15, -0.1) is 11.6 Å². The third kappa shape index (κ3) is 6.78. The van der Waals surface area contributed by atoms with Gasteiger partial charge in [0.05, 0.1) is 0 Å². The maximum absolute atomic E-state index is 11.8. The number of esters is 1. The van der Waals surface area contributed by atoms with Crippen molar-refractivity contribution in [3.63, 3.8) is 0 Å². The van der Waals surface area contributed by atoms with Gasteiger partial charge in [0.15, 0.2) is 3.79 Å². The smallest absolute Gasteiger partial charge is 0.324 e. The van der Waals surface area contributed by atoms with E-state index in [1.807, 2.05) is 42.5 Å². The summed E-state index contributed by atoms with van der Waals surface area (Å²) < 4.78 is 9.26. The molecule has 0 saturated carbocycles. The summed E-state index contributed by atoms with van der Waals surface area (Å²) in [5, 5.41) is -1.03. The van der Waals surface area contributed by atoms with Gasteiger partial charge in [-0.25, -0.2) is 0 Å². The molecule has 7 heteroatoms. The van der Waals surface area contributed by atoms with Crippen LogP contribution >= 0.6 is 46.4 Å². The fraction of sp³-hybridized carbons (Fsp3) is 0.235. The molecule has 0 aliphatic rings. The van der Waals surface area contributed by atoms with Crippen molar-refractivity contribution in [2.75, 3.05) is 0 Å². The van der Waals surface area contributed by atoms with Crippen LogP contribution in [-0.2, 0) is 16.1 Å². The molecular weight excluding hydrogens is 394 g/mol. The van der Waals surface area contributed by atoms with E-state index in [0.717, 1.165) is 11.3 Å².